The van der Waals surface area contributed by atoms with Gasteiger partial charge in [-0.2, -0.15) is 0 Å². The fourth-order valence-corrected chi connectivity index (χ4v) is 7.60. The number of Topliss-reactive ketones (excluding diaryl/α,β-unsaturated/α-hetero) is 1. The zero-order chi connectivity index (χ0) is 14.7. The number of fused-ring (bicyclic) bond motifs is 1. The van der Waals surface area contributed by atoms with Gasteiger partial charge >= 0.3 is 0 Å². The number of ether oxygens (including phenoxy) is 1. The maximum atomic E-state index is 11.7. The Labute approximate surface area is 121 Å². The van der Waals surface area contributed by atoms with Crippen LogP contribution in [0.2, 0.25) is 19.6 Å². The van der Waals surface area contributed by atoms with Crippen molar-refractivity contribution in [2.24, 2.45) is 5.92 Å². The lowest BCUT2D eigenvalue weighted by molar-refractivity contribution is 0.0752. The third-order valence-corrected chi connectivity index (χ3v) is 8.58. The number of ketones is 1. The van der Waals surface area contributed by atoms with Crippen molar-refractivity contribution in [1.29, 1.82) is 0 Å². The number of hydrogen-bond donors (Lipinski definition) is 0. The molecule has 2 heterocycles. The van der Waals surface area contributed by atoms with E-state index in [1.165, 1.54) is 6.42 Å². The number of furan rings is 1. The molecule has 1 aromatic heterocycles. The van der Waals surface area contributed by atoms with Crippen molar-refractivity contribution in [2.45, 2.75) is 57.5 Å². The lowest BCUT2D eigenvalue weighted by Gasteiger charge is -2.28. The van der Waals surface area contributed by atoms with E-state index in [4.69, 9.17) is 9.15 Å². The molecule has 0 amide bonds. The molecule has 1 saturated heterocycles. The molecule has 1 saturated carbocycles. The van der Waals surface area contributed by atoms with Crippen molar-refractivity contribution >= 4 is 13.9 Å². The van der Waals surface area contributed by atoms with Crippen molar-refractivity contribution in [3.05, 3.63) is 23.2 Å². The Morgan fingerprint density at radius 2 is 2.10 bits per heavy atom. The minimum atomic E-state index is -1.52. The highest BCUT2D eigenvalue weighted by atomic mass is 28.3. The molecule has 2 aliphatic rings. The van der Waals surface area contributed by atoms with Crippen molar-refractivity contribution in [3.8, 4) is 0 Å². The van der Waals surface area contributed by atoms with Crippen LogP contribution in [0.1, 0.15) is 41.6 Å². The Morgan fingerprint density at radius 3 is 2.55 bits per heavy atom. The molecule has 20 heavy (non-hydrogen) atoms. The zero-order valence-electron chi connectivity index (χ0n) is 13.1. The number of carbonyl (C=O) groups is 1. The highest BCUT2D eigenvalue weighted by molar-refractivity contribution is 6.80. The quantitative estimate of drug-likeness (QED) is 0.629. The molecular formula is C16H24O3Si. The van der Waals surface area contributed by atoms with E-state index in [9.17, 15) is 4.79 Å². The highest BCUT2D eigenvalue weighted by Gasteiger charge is 2.74. The Morgan fingerprint density at radius 1 is 1.40 bits per heavy atom. The van der Waals surface area contributed by atoms with Gasteiger partial charge in [0.2, 0.25) is 0 Å². The topological polar surface area (TPSA) is 39.4 Å². The summed E-state index contributed by atoms with van der Waals surface area (Å²) in [6.07, 6.45) is 2.68. The van der Waals surface area contributed by atoms with Gasteiger partial charge < -0.3 is 9.15 Å². The van der Waals surface area contributed by atoms with Gasteiger partial charge in [0, 0.05) is 6.61 Å². The Kier molecular flexibility index (Phi) is 3.03. The lowest BCUT2D eigenvalue weighted by atomic mass is 10.1. The third-order valence-electron chi connectivity index (χ3n) is 5.19. The van der Waals surface area contributed by atoms with Gasteiger partial charge in [0.15, 0.2) is 5.78 Å². The first-order valence-corrected chi connectivity index (χ1v) is 11.0. The van der Waals surface area contributed by atoms with Gasteiger partial charge in [0.05, 0.1) is 24.8 Å². The Bertz CT molecular complexity index is 541. The summed E-state index contributed by atoms with van der Waals surface area (Å²) in [5.41, 5.74) is 0.737. The van der Waals surface area contributed by atoms with Gasteiger partial charge in [0.1, 0.15) is 11.5 Å². The second-order valence-corrected chi connectivity index (χ2v) is 12.6. The lowest BCUT2D eigenvalue weighted by Crippen LogP contribution is -2.42. The molecule has 0 radical (unpaired) electrons. The van der Waals surface area contributed by atoms with Gasteiger partial charge in [-0.15, -0.1) is 0 Å². The van der Waals surface area contributed by atoms with Crippen LogP contribution in [0.25, 0.3) is 0 Å². The third kappa shape index (κ3) is 1.70. The van der Waals surface area contributed by atoms with E-state index in [1.54, 1.807) is 6.92 Å². The molecule has 110 valence electrons. The summed E-state index contributed by atoms with van der Waals surface area (Å²) < 4.78 is 12.1. The van der Waals surface area contributed by atoms with Gasteiger partial charge in [-0.05, 0) is 38.7 Å². The standard InChI is InChI=1S/C16H24O3Si/c1-10(17)12-9-14(19-11(12)2)16(20(3,4)5)13-7-6-8-18-15(13)16/h9,13,15H,6-8H2,1-5H3/t13-,15+,16-/m0/s1. The maximum absolute atomic E-state index is 11.7. The number of aryl methyl sites for hydroxylation is 1. The molecule has 3 rings (SSSR count). The molecule has 0 spiro atoms. The second kappa shape index (κ2) is 4.31. The van der Waals surface area contributed by atoms with E-state index >= 15 is 0 Å². The molecule has 1 aliphatic carbocycles. The molecule has 3 atom stereocenters. The second-order valence-electron chi connectivity index (χ2n) is 7.30. The molecular weight excluding hydrogens is 268 g/mol. The molecule has 4 heteroatoms. The summed E-state index contributed by atoms with van der Waals surface area (Å²) >= 11 is 0. The predicted octanol–water partition coefficient (Wildman–Crippen LogP) is 3.71. The zero-order valence-corrected chi connectivity index (χ0v) is 14.1. The number of carbonyl (C=O) groups excluding carboxylic acids is 1. The fourth-order valence-electron chi connectivity index (χ4n) is 4.28. The van der Waals surface area contributed by atoms with Crippen LogP contribution < -0.4 is 0 Å². The van der Waals surface area contributed by atoms with Crippen LogP contribution in [-0.4, -0.2) is 26.6 Å². The summed E-state index contributed by atoms with van der Waals surface area (Å²) in [6, 6.07) is 2.00. The molecule has 0 bridgehead atoms. The summed E-state index contributed by atoms with van der Waals surface area (Å²) in [7, 11) is -1.52. The molecule has 0 aromatic carbocycles. The molecule has 3 nitrogen and oxygen atoms in total. The average Bonchev–Trinajstić information content (AvgIpc) is 2.90. The molecule has 2 fully saturated rings. The SMILES string of the molecule is CC(=O)c1cc([C@]2([Si](C)(C)C)[C@@H]3OCCC[C@@H]32)oc1C. The van der Waals surface area contributed by atoms with Crippen LogP contribution in [0.4, 0.5) is 0 Å². The Balaban J connectivity index is 2.09. The van der Waals surface area contributed by atoms with E-state index in [2.05, 4.69) is 19.6 Å². The van der Waals surface area contributed by atoms with E-state index in [-0.39, 0.29) is 10.8 Å². The fraction of sp³-hybridized carbons (Fsp3) is 0.688. The summed E-state index contributed by atoms with van der Waals surface area (Å²) in [6.45, 7) is 11.5. The van der Waals surface area contributed by atoms with E-state index in [1.807, 2.05) is 13.0 Å². The van der Waals surface area contributed by atoms with E-state index < -0.39 is 8.07 Å². The van der Waals surface area contributed by atoms with Crippen molar-refractivity contribution in [2.75, 3.05) is 6.61 Å². The van der Waals surface area contributed by atoms with Gasteiger partial charge in [-0.25, -0.2) is 0 Å². The highest BCUT2D eigenvalue weighted by Crippen LogP contribution is 2.65. The minimum absolute atomic E-state index is 0.0714. The smallest absolute Gasteiger partial charge is 0.163 e. The van der Waals surface area contributed by atoms with Crippen LogP contribution in [0.15, 0.2) is 10.5 Å². The van der Waals surface area contributed by atoms with Gasteiger partial charge in [0.25, 0.3) is 0 Å². The van der Waals surface area contributed by atoms with Crippen molar-refractivity contribution < 1.29 is 13.9 Å². The van der Waals surface area contributed by atoms with E-state index in [0.717, 1.165) is 30.1 Å². The summed E-state index contributed by atoms with van der Waals surface area (Å²) in [4.78, 5) is 11.7. The summed E-state index contributed by atoms with van der Waals surface area (Å²) in [5, 5.41) is 0.0714. The monoisotopic (exact) mass is 292 g/mol. The van der Waals surface area contributed by atoms with Crippen LogP contribution in [0.5, 0.6) is 0 Å². The summed E-state index contributed by atoms with van der Waals surface area (Å²) in [5.74, 6) is 2.45. The number of hydrogen-bond acceptors (Lipinski definition) is 3. The van der Waals surface area contributed by atoms with Gasteiger partial charge in [-0.3, -0.25) is 4.79 Å². The van der Waals surface area contributed by atoms with Crippen LogP contribution in [0.3, 0.4) is 0 Å². The first kappa shape index (κ1) is 14.1. The van der Waals surface area contributed by atoms with Crippen molar-refractivity contribution in [3.63, 3.8) is 0 Å². The van der Waals surface area contributed by atoms with Crippen LogP contribution >= 0.6 is 0 Å². The number of rotatable bonds is 3. The van der Waals surface area contributed by atoms with E-state index in [0.29, 0.717) is 12.0 Å². The Hall–Kier alpha value is -0.873. The van der Waals surface area contributed by atoms with Crippen LogP contribution in [0, 0.1) is 12.8 Å². The minimum Gasteiger partial charge on any atom is -0.465 e. The molecule has 1 aromatic rings. The van der Waals surface area contributed by atoms with Crippen LogP contribution in [-0.2, 0) is 9.78 Å². The van der Waals surface area contributed by atoms with Crippen molar-refractivity contribution in [1.82, 2.24) is 0 Å². The first-order valence-electron chi connectivity index (χ1n) is 7.53. The maximum Gasteiger partial charge on any atom is 0.163 e. The normalized spacial score (nSPS) is 32.9. The molecule has 1 aliphatic heterocycles. The molecule has 0 N–H and O–H groups in total. The largest absolute Gasteiger partial charge is 0.465 e. The average molecular weight is 292 g/mol. The molecule has 0 unspecified atom stereocenters. The van der Waals surface area contributed by atoms with Gasteiger partial charge in [-0.1, -0.05) is 19.6 Å². The predicted molar refractivity (Wildman–Crippen MR) is 80.9 cm³/mol. The first-order chi connectivity index (χ1) is 9.30.